The van der Waals surface area contributed by atoms with Crippen molar-refractivity contribution in [3.8, 4) is 5.75 Å². The van der Waals surface area contributed by atoms with Crippen LogP contribution in [0.15, 0.2) is 102 Å². The zero-order valence-electron chi connectivity index (χ0n) is 21.0. The maximum Gasteiger partial charge on any atom is 0.129 e. The number of ether oxygens (including phenoxy) is 3. The van der Waals surface area contributed by atoms with Crippen LogP contribution in [0.4, 0.5) is 0 Å². The number of hydrogen-bond acceptors (Lipinski definition) is 4. The van der Waals surface area contributed by atoms with E-state index in [0.29, 0.717) is 36.0 Å². The highest BCUT2D eigenvalue weighted by Gasteiger charge is 2.11. The van der Waals surface area contributed by atoms with Gasteiger partial charge in [-0.05, 0) is 55.2 Å². The second-order valence-electron chi connectivity index (χ2n) is 8.59. The van der Waals surface area contributed by atoms with Crippen molar-refractivity contribution >= 4 is 22.6 Å². The molecule has 0 saturated heterocycles. The van der Waals surface area contributed by atoms with E-state index in [4.69, 9.17) is 25.8 Å². The Balaban J connectivity index is 1.62. The summed E-state index contributed by atoms with van der Waals surface area (Å²) < 4.78 is 18.0. The van der Waals surface area contributed by atoms with E-state index in [0.717, 1.165) is 39.3 Å². The lowest BCUT2D eigenvalue weighted by Crippen LogP contribution is -2.05. The van der Waals surface area contributed by atoms with E-state index in [9.17, 15) is 4.79 Å². The molecule has 0 aliphatic heterocycles. The largest absolute Gasteiger partial charge is 0.493 e. The number of para-hydroxylation sites is 1. The molecule has 0 radical (unpaired) electrons. The first kappa shape index (κ1) is 26.9. The molecule has 0 saturated carbocycles. The Hall–Kier alpha value is -3.72. The molecule has 1 aliphatic carbocycles. The predicted molar refractivity (Wildman–Crippen MR) is 146 cm³/mol. The van der Waals surface area contributed by atoms with Crippen LogP contribution in [-0.4, -0.2) is 19.2 Å². The van der Waals surface area contributed by atoms with Crippen LogP contribution in [0.2, 0.25) is 0 Å². The molecular formula is C31H31ClO4. The highest BCUT2D eigenvalue weighted by Crippen LogP contribution is 2.27. The Labute approximate surface area is 218 Å². The van der Waals surface area contributed by atoms with Crippen LogP contribution in [0.5, 0.6) is 5.75 Å². The summed E-state index contributed by atoms with van der Waals surface area (Å²) in [4.78, 5) is 10.8. The van der Waals surface area contributed by atoms with Gasteiger partial charge < -0.3 is 14.2 Å². The third-order valence-electron chi connectivity index (χ3n) is 5.49. The first-order valence-corrected chi connectivity index (χ1v) is 12.1. The van der Waals surface area contributed by atoms with Crippen LogP contribution in [0.1, 0.15) is 35.6 Å². The SMILES string of the molecule is C=C(/C=C(/Cl)c1ccccc1C)COC1=CC=CCC(OCc2cccc(C)c2OCC(C)=C=O)=C1. The smallest absolute Gasteiger partial charge is 0.129 e. The van der Waals surface area contributed by atoms with Gasteiger partial charge in [0.25, 0.3) is 0 Å². The summed E-state index contributed by atoms with van der Waals surface area (Å²) in [6.07, 6.45) is 10.2. The maximum atomic E-state index is 10.8. The number of rotatable bonds is 11. The van der Waals surface area contributed by atoms with Crippen molar-refractivity contribution in [2.75, 3.05) is 13.2 Å². The molecule has 186 valence electrons. The lowest BCUT2D eigenvalue weighted by Gasteiger charge is -2.16. The Morgan fingerprint density at radius 3 is 2.61 bits per heavy atom. The minimum atomic E-state index is 0.194. The van der Waals surface area contributed by atoms with Crippen LogP contribution < -0.4 is 4.74 Å². The summed E-state index contributed by atoms with van der Waals surface area (Å²) in [5.74, 6) is 4.03. The molecule has 2 aromatic rings. The van der Waals surface area contributed by atoms with Crippen LogP contribution in [0, 0.1) is 13.8 Å². The van der Waals surface area contributed by atoms with E-state index in [2.05, 4.69) is 6.58 Å². The fourth-order valence-electron chi connectivity index (χ4n) is 3.53. The van der Waals surface area contributed by atoms with Crippen molar-refractivity contribution < 1.29 is 19.0 Å². The molecule has 0 atom stereocenters. The third kappa shape index (κ3) is 7.91. The number of halogens is 1. The van der Waals surface area contributed by atoms with E-state index in [1.165, 1.54) is 0 Å². The summed E-state index contributed by atoms with van der Waals surface area (Å²) in [6.45, 7) is 10.6. The molecule has 0 amide bonds. The van der Waals surface area contributed by atoms with E-state index in [1.807, 2.05) is 92.6 Å². The average molecular weight is 503 g/mol. The first-order chi connectivity index (χ1) is 17.4. The molecule has 0 spiro atoms. The molecule has 1 aliphatic rings. The Morgan fingerprint density at radius 1 is 1.06 bits per heavy atom. The van der Waals surface area contributed by atoms with Crippen molar-refractivity contribution in [3.05, 3.63) is 124 Å². The first-order valence-electron chi connectivity index (χ1n) is 11.7. The van der Waals surface area contributed by atoms with Gasteiger partial charge in [-0.2, -0.15) is 0 Å². The molecule has 36 heavy (non-hydrogen) atoms. The van der Waals surface area contributed by atoms with Gasteiger partial charge in [-0.15, -0.1) is 0 Å². The van der Waals surface area contributed by atoms with E-state index in [-0.39, 0.29) is 6.61 Å². The summed E-state index contributed by atoms with van der Waals surface area (Å²) >= 11 is 6.50. The Bertz CT molecular complexity index is 1270. The summed E-state index contributed by atoms with van der Waals surface area (Å²) in [6, 6.07) is 13.8. The van der Waals surface area contributed by atoms with Gasteiger partial charge in [-0.1, -0.05) is 72.8 Å². The van der Waals surface area contributed by atoms with Crippen LogP contribution in [0.3, 0.4) is 0 Å². The van der Waals surface area contributed by atoms with Gasteiger partial charge in [0.1, 0.15) is 43.0 Å². The minimum absolute atomic E-state index is 0.194. The molecule has 0 unspecified atom stereocenters. The highest BCUT2D eigenvalue weighted by molar-refractivity contribution is 6.49. The maximum absolute atomic E-state index is 10.8. The summed E-state index contributed by atoms with van der Waals surface area (Å²) in [5.41, 5.74) is 5.22. The van der Waals surface area contributed by atoms with Crippen molar-refractivity contribution in [1.29, 1.82) is 0 Å². The van der Waals surface area contributed by atoms with Gasteiger partial charge in [0.15, 0.2) is 0 Å². The lowest BCUT2D eigenvalue weighted by molar-refractivity contribution is 0.185. The molecule has 2 aromatic carbocycles. The third-order valence-corrected chi connectivity index (χ3v) is 5.80. The van der Waals surface area contributed by atoms with Crippen molar-refractivity contribution in [2.45, 2.75) is 33.8 Å². The molecule has 0 heterocycles. The normalized spacial score (nSPS) is 13.2. The van der Waals surface area contributed by atoms with Crippen molar-refractivity contribution in [1.82, 2.24) is 0 Å². The molecule has 0 fully saturated rings. The topological polar surface area (TPSA) is 44.8 Å². The second-order valence-corrected chi connectivity index (χ2v) is 9.00. The predicted octanol–water partition coefficient (Wildman–Crippen LogP) is 7.56. The van der Waals surface area contributed by atoms with Gasteiger partial charge in [0, 0.05) is 28.7 Å². The number of hydrogen-bond donors (Lipinski definition) is 0. The average Bonchev–Trinajstić information content (AvgIpc) is 3.10. The van der Waals surface area contributed by atoms with Crippen LogP contribution in [-0.2, 0) is 20.9 Å². The van der Waals surface area contributed by atoms with Crippen LogP contribution in [0.25, 0.3) is 5.03 Å². The second kappa shape index (κ2) is 13.4. The highest BCUT2D eigenvalue weighted by atomic mass is 35.5. The minimum Gasteiger partial charge on any atom is -0.493 e. The number of benzene rings is 2. The quantitative estimate of drug-likeness (QED) is 0.235. The fourth-order valence-corrected chi connectivity index (χ4v) is 3.90. The molecule has 3 rings (SSSR count). The standard InChI is InChI=1S/C31H31ClO4/c1-22(16-30(32)29-15-8-5-10-24(29)3)19-34-27-13-6-7-14-28(17-27)35-21-26-12-9-11-25(4)31(26)36-20-23(2)18-33/h5-13,15-17H,1,14,19-21H2,2-4H3/b30-16+. The molecule has 0 bridgehead atoms. The van der Waals surface area contributed by atoms with Crippen molar-refractivity contribution in [2.24, 2.45) is 0 Å². The number of carbonyl (C=O) groups excluding carboxylic acids is 1. The molecule has 0 N–H and O–H groups in total. The summed E-state index contributed by atoms with van der Waals surface area (Å²) in [5, 5.41) is 0.631. The van der Waals surface area contributed by atoms with Crippen LogP contribution >= 0.6 is 11.6 Å². The van der Waals surface area contributed by atoms with Gasteiger partial charge in [-0.3, -0.25) is 0 Å². The zero-order chi connectivity index (χ0) is 25.9. The molecule has 0 aromatic heterocycles. The number of aryl methyl sites for hydroxylation is 2. The van der Waals surface area contributed by atoms with E-state index in [1.54, 1.807) is 6.92 Å². The lowest BCUT2D eigenvalue weighted by atomic mass is 10.1. The fraction of sp³-hybridized carbons (Fsp3) is 0.226. The van der Waals surface area contributed by atoms with E-state index >= 15 is 0 Å². The Kier molecular flexibility index (Phi) is 10.00. The molecule has 4 nitrogen and oxygen atoms in total. The zero-order valence-corrected chi connectivity index (χ0v) is 21.7. The molecule has 5 heteroatoms. The summed E-state index contributed by atoms with van der Waals surface area (Å²) in [7, 11) is 0. The van der Waals surface area contributed by atoms with E-state index < -0.39 is 0 Å². The van der Waals surface area contributed by atoms with Gasteiger partial charge in [0.05, 0.1) is 0 Å². The van der Waals surface area contributed by atoms with Gasteiger partial charge >= 0.3 is 0 Å². The van der Waals surface area contributed by atoms with Gasteiger partial charge in [-0.25, -0.2) is 4.79 Å². The van der Waals surface area contributed by atoms with Crippen molar-refractivity contribution in [3.63, 3.8) is 0 Å². The number of allylic oxidation sites excluding steroid dienone is 4. The Morgan fingerprint density at radius 2 is 1.83 bits per heavy atom. The molecular weight excluding hydrogens is 472 g/mol. The van der Waals surface area contributed by atoms with Gasteiger partial charge in [0.2, 0.25) is 0 Å². The monoisotopic (exact) mass is 502 g/mol.